The summed E-state index contributed by atoms with van der Waals surface area (Å²) >= 11 is 0. The third-order valence-corrected chi connectivity index (χ3v) is 2.68. The third kappa shape index (κ3) is 7.65. The first-order valence-electron chi connectivity index (χ1n) is 7.00. The minimum absolute atomic E-state index is 0.178. The van der Waals surface area contributed by atoms with Crippen LogP contribution in [0.5, 0.6) is 0 Å². The number of anilines is 1. The van der Waals surface area contributed by atoms with Crippen LogP contribution < -0.4 is 11.1 Å². The first kappa shape index (κ1) is 17.4. The fourth-order valence-electron chi connectivity index (χ4n) is 1.64. The molecule has 1 unspecified atom stereocenters. The van der Waals surface area contributed by atoms with Gasteiger partial charge in [-0.25, -0.2) is 0 Å². The number of nitrogens with two attached hydrogens (primary N) is 1. The molecule has 0 saturated carbocycles. The number of hydrogen-bond donors (Lipinski definition) is 3. The molecule has 0 aromatic heterocycles. The lowest BCUT2D eigenvalue weighted by molar-refractivity contribution is -0.00734. The third-order valence-electron chi connectivity index (χ3n) is 2.68. The molecular weight excluding hydrogens is 272 g/mol. The van der Waals surface area contributed by atoms with Crippen LogP contribution in [0.25, 0.3) is 0 Å². The lowest BCUT2D eigenvalue weighted by atomic mass is 10.2. The molecule has 1 rings (SSSR count). The van der Waals surface area contributed by atoms with E-state index in [0.29, 0.717) is 25.3 Å². The highest BCUT2D eigenvalue weighted by atomic mass is 16.5. The van der Waals surface area contributed by atoms with Crippen molar-refractivity contribution in [3.8, 4) is 0 Å². The van der Waals surface area contributed by atoms with Crippen molar-refractivity contribution in [1.82, 2.24) is 0 Å². The fraction of sp³-hybridized carbons (Fsp3) is 0.533. The number of aliphatic hydroxyl groups excluding tert-OH is 1. The minimum atomic E-state index is -0.638. The van der Waals surface area contributed by atoms with Crippen molar-refractivity contribution in [2.45, 2.75) is 26.1 Å². The smallest absolute Gasteiger partial charge is 0.248 e. The summed E-state index contributed by atoms with van der Waals surface area (Å²) in [4.78, 5) is 11.1. The number of hydrogen-bond acceptors (Lipinski definition) is 5. The van der Waals surface area contributed by atoms with Crippen LogP contribution in [0.1, 0.15) is 24.2 Å². The second-order valence-corrected chi connectivity index (χ2v) is 4.97. The highest BCUT2D eigenvalue weighted by Crippen LogP contribution is 2.10. The molecule has 118 valence electrons. The molecule has 0 spiro atoms. The Morgan fingerprint density at radius 1 is 1.38 bits per heavy atom. The molecule has 1 atom stereocenters. The highest BCUT2D eigenvalue weighted by Gasteiger charge is 2.06. The highest BCUT2D eigenvalue weighted by molar-refractivity contribution is 5.93. The van der Waals surface area contributed by atoms with Crippen LogP contribution in [0.15, 0.2) is 24.3 Å². The number of amides is 1. The molecule has 6 nitrogen and oxygen atoms in total. The van der Waals surface area contributed by atoms with E-state index >= 15 is 0 Å². The van der Waals surface area contributed by atoms with Crippen LogP contribution in [-0.2, 0) is 9.47 Å². The molecule has 6 heteroatoms. The van der Waals surface area contributed by atoms with Gasteiger partial charge < -0.3 is 25.6 Å². The minimum Gasteiger partial charge on any atom is -0.389 e. The maximum Gasteiger partial charge on any atom is 0.248 e. The zero-order valence-corrected chi connectivity index (χ0v) is 12.5. The van der Waals surface area contributed by atoms with E-state index in [9.17, 15) is 9.90 Å². The normalized spacial score (nSPS) is 12.4. The molecular formula is C15H24N2O4. The van der Waals surface area contributed by atoms with Crippen LogP contribution in [0, 0.1) is 0 Å². The van der Waals surface area contributed by atoms with Crippen molar-refractivity contribution in [2.24, 2.45) is 5.73 Å². The van der Waals surface area contributed by atoms with Crippen LogP contribution in [-0.4, -0.2) is 49.6 Å². The number of nitrogens with one attached hydrogen (secondary N) is 1. The van der Waals surface area contributed by atoms with Crippen LogP contribution >= 0.6 is 0 Å². The molecule has 0 aliphatic carbocycles. The molecule has 0 bridgehead atoms. The summed E-state index contributed by atoms with van der Waals surface area (Å²) in [6.45, 7) is 5.43. The first-order chi connectivity index (χ1) is 9.99. The van der Waals surface area contributed by atoms with Gasteiger partial charge in [0.2, 0.25) is 5.91 Å². The van der Waals surface area contributed by atoms with Gasteiger partial charge in [-0.05, 0) is 32.0 Å². The van der Waals surface area contributed by atoms with Gasteiger partial charge in [-0.1, -0.05) is 6.07 Å². The Bertz CT molecular complexity index is 437. The van der Waals surface area contributed by atoms with E-state index in [0.717, 1.165) is 5.69 Å². The van der Waals surface area contributed by atoms with Crippen LogP contribution in [0.3, 0.4) is 0 Å². The number of ether oxygens (including phenoxy) is 2. The van der Waals surface area contributed by atoms with Crippen LogP contribution in [0.2, 0.25) is 0 Å². The molecule has 1 aromatic carbocycles. The van der Waals surface area contributed by atoms with Gasteiger partial charge in [0.15, 0.2) is 0 Å². The van der Waals surface area contributed by atoms with Gasteiger partial charge >= 0.3 is 0 Å². The van der Waals surface area contributed by atoms with Crippen molar-refractivity contribution >= 4 is 11.6 Å². The summed E-state index contributed by atoms with van der Waals surface area (Å²) in [5, 5.41) is 12.8. The Morgan fingerprint density at radius 2 is 2.14 bits per heavy atom. The van der Waals surface area contributed by atoms with E-state index in [4.69, 9.17) is 15.2 Å². The second kappa shape index (κ2) is 9.33. The van der Waals surface area contributed by atoms with E-state index < -0.39 is 12.0 Å². The summed E-state index contributed by atoms with van der Waals surface area (Å²) < 4.78 is 10.6. The van der Waals surface area contributed by atoms with E-state index in [-0.39, 0.29) is 12.7 Å². The molecule has 0 saturated heterocycles. The average Bonchev–Trinajstić information content (AvgIpc) is 2.44. The molecule has 1 amide bonds. The van der Waals surface area contributed by atoms with Gasteiger partial charge in [-0.3, -0.25) is 4.79 Å². The average molecular weight is 296 g/mol. The zero-order valence-electron chi connectivity index (χ0n) is 12.5. The monoisotopic (exact) mass is 296 g/mol. The lowest BCUT2D eigenvalue weighted by Crippen LogP contribution is -2.26. The number of primary amides is 1. The van der Waals surface area contributed by atoms with Crippen molar-refractivity contribution in [2.75, 3.05) is 31.7 Å². The van der Waals surface area contributed by atoms with Gasteiger partial charge in [-0.2, -0.15) is 0 Å². The molecule has 0 aliphatic rings. The number of carbonyl (C=O) groups is 1. The van der Waals surface area contributed by atoms with E-state index in [1.54, 1.807) is 24.3 Å². The molecule has 4 N–H and O–H groups in total. The second-order valence-electron chi connectivity index (χ2n) is 4.97. The predicted octanol–water partition coefficient (Wildman–Crippen LogP) is 1.000. The van der Waals surface area contributed by atoms with Crippen LogP contribution in [0.4, 0.5) is 5.69 Å². The Morgan fingerprint density at radius 3 is 2.81 bits per heavy atom. The topological polar surface area (TPSA) is 93.8 Å². The van der Waals surface area contributed by atoms with Gasteiger partial charge in [0.25, 0.3) is 0 Å². The van der Waals surface area contributed by atoms with E-state index in [1.165, 1.54) is 0 Å². The molecule has 21 heavy (non-hydrogen) atoms. The zero-order chi connectivity index (χ0) is 15.7. The molecule has 0 aliphatic heterocycles. The van der Waals surface area contributed by atoms with Crippen molar-refractivity contribution in [3.63, 3.8) is 0 Å². The van der Waals surface area contributed by atoms with Gasteiger partial charge in [-0.15, -0.1) is 0 Å². The van der Waals surface area contributed by atoms with Gasteiger partial charge in [0, 0.05) is 17.8 Å². The summed E-state index contributed by atoms with van der Waals surface area (Å²) in [7, 11) is 0. The lowest BCUT2D eigenvalue weighted by Gasteiger charge is -2.14. The summed E-state index contributed by atoms with van der Waals surface area (Å²) in [5.74, 6) is -0.479. The Hall–Kier alpha value is -1.63. The number of carbonyl (C=O) groups excluding carboxylic acids is 1. The number of benzene rings is 1. The Balaban J connectivity index is 2.22. The maximum atomic E-state index is 11.1. The fourth-order valence-corrected chi connectivity index (χ4v) is 1.64. The summed E-state index contributed by atoms with van der Waals surface area (Å²) in [5.41, 5.74) is 6.36. The molecule has 0 fully saturated rings. The van der Waals surface area contributed by atoms with Crippen molar-refractivity contribution in [3.05, 3.63) is 29.8 Å². The summed E-state index contributed by atoms with van der Waals surface area (Å²) in [6.07, 6.45) is -0.459. The quantitative estimate of drug-likeness (QED) is 0.560. The van der Waals surface area contributed by atoms with Gasteiger partial charge in [0.05, 0.1) is 32.0 Å². The SMILES string of the molecule is CC(C)OCCOCC(O)CNc1cccc(C(N)=O)c1. The first-order valence-corrected chi connectivity index (χ1v) is 7.00. The molecule has 0 radical (unpaired) electrons. The molecule has 0 heterocycles. The summed E-state index contributed by atoms with van der Waals surface area (Å²) in [6, 6.07) is 6.82. The Kier molecular flexibility index (Phi) is 7.74. The van der Waals surface area contributed by atoms with Crippen molar-refractivity contribution in [1.29, 1.82) is 0 Å². The number of rotatable bonds is 10. The Labute approximate surface area is 125 Å². The standard InChI is InChI=1S/C15H24N2O4/c1-11(2)21-7-6-20-10-14(18)9-17-13-5-3-4-12(8-13)15(16)19/h3-5,8,11,14,17-18H,6-7,9-10H2,1-2H3,(H2,16,19). The number of aliphatic hydroxyl groups is 1. The van der Waals surface area contributed by atoms with Gasteiger partial charge in [0.1, 0.15) is 0 Å². The van der Waals surface area contributed by atoms with E-state index in [1.807, 2.05) is 13.8 Å². The maximum absolute atomic E-state index is 11.1. The largest absolute Gasteiger partial charge is 0.389 e. The predicted molar refractivity (Wildman–Crippen MR) is 81.4 cm³/mol. The molecule has 1 aromatic rings. The van der Waals surface area contributed by atoms with E-state index in [2.05, 4.69) is 5.32 Å². The van der Waals surface area contributed by atoms with Crippen molar-refractivity contribution < 1.29 is 19.4 Å².